The Bertz CT molecular complexity index is 273. The van der Waals surface area contributed by atoms with Crippen molar-refractivity contribution in [2.75, 3.05) is 6.54 Å². The molecule has 0 heterocycles. The quantitative estimate of drug-likeness (QED) is 0.712. The molecule has 1 rings (SSSR count). The number of hydrogen-bond donors (Lipinski definition) is 2. The SMILES string of the molecule is CCCC1CCC(CN)(OC(CCC)C(=O)O)CC1. The van der Waals surface area contributed by atoms with Gasteiger partial charge in [0.25, 0.3) is 0 Å². The standard InChI is InChI=1S/C15H29NO3/c1-3-5-12-7-9-15(11-16,10-8-12)19-13(6-4-2)14(17)18/h12-13H,3-11,16H2,1-2H3,(H,17,18). The lowest BCUT2D eigenvalue weighted by Crippen LogP contribution is -2.48. The minimum absolute atomic E-state index is 0.400. The zero-order valence-electron chi connectivity index (χ0n) is 12.4. The third-order valence-corrected chi connectivity index (χ3v) is 4.30. The van der Waals surface area contributed by atoms with Crippen molar-refractivity contribution in [3.63, 3.8) is 0 Å². The van der Waals surface area contributed by atoms with Crippen LogP contribution in [0.1, 0.15) is 65.2 Å². The van der Waals surface area contributed by atoms with Gasteiger partial charge < -0.3 is 15.6 Å². The lowest BCUT2D eigenvalue weighted by Gasteiger charge is -2.41. The predicted octanol–water partition coefficient (Wildman–Crippen LogP) is 2.94. The zero-order valence-corrected chi connectivity index (χ0v) is 12.4. The van der Waals surface area contributed by atoms with Gasteiger partial charge >= 0.3 is 5.97 Å². The van der Waals surface area contributed by atoms with E-state index in [9.17, 15) is 9.90 Å². The summed E-state index contributed by atoms with van der Waals surface area (Å²) < 4.78 is 5.93. The van der Waals surface area contributed by atoms with Gasteiger partial charge in [-0.1, -0.05) is 33.1 Å². The van der Waals surface area contributed by atoms with Gasteiger partial charge in [0.05, 0.1) is 5.60 Å². The zero-order chi connectivity index (χ0) is 14.3. The highest BCUT2D eigenvalue weighted by Gasteiger charge is 2.38. The van der Waals surface area contributed by atoms with Crippen LogP contribution in [0.3, 0.4) is 0 Å². The molecule has 4 nitrogen and oxygen atoms in total. The Morgan fingerprint density at radius 3 is 2.42 bits per heavy atom. The van der Waals surface area contributed by atoms with E-state index in [1.165, 1.54) is 12.8 Å². The van der Waals surface area contributed by atoms with Crippen molar-refractivity contribution >= 4 is 5.97 Å². The first-order chi connectivity index (χ1) is 9.06. The topological polar surface area (TPSA) is 72.5 Å². The Balaban J connectivity index is 2.59. The van der Waals surface area contributed by atoms with E-state index in [1.54, 1.807) is 0 Å². The number of hydrogen-bond acceptors (Lipinski definition) is 3. The van der Waals surface area contributed by atoms with E-state index in [-0.39, 0.29) is 0 Å². The van der Waals surface area contributed by atoms with Crippen LogP contribution in [-0.4, -0.2) is 29.3 Å². The van der Waals surface area contributed by atoms with Gasteiger partial charge in [0.2, 0.25) is 0 Å². The summed E-state index contributed by atoms with van der Waals surface area (Å²) in [4.78, 5) is 11.2. The van der Waals surface area contributed by atoms with Crippen LogP contribution < -0.4 is 5.73 Å². The fourth-order valence-corrected chi connectivity index (χ4v) is 3.07. The largest absolute Gasteiger partial charge is 0.479 e. The van der Waals surface area contributed by atoms with E-state index < -0.39 is 17.7 Å². The van der Waals surface area contributed by atoms with E-state index in [1.807, 2.05) is 6.92 Å². The lowest BCUT2D eigenvalue weighted by molar-refractivity contribution is -0.169. The second-order valence-electron chi connectivity index (χ2n) is 5.85. The number of nitrogens with two attached hydrogens (primary N) is 1. The second kappa shape index (κ2) is 7.85. The van der Waals surface area contributed by atoms with E-state index >= 15 is 0 Å². The Morgan fingerprint density at radius 1 is 1.37 bits per heavy atom. The summed E-state index contributed by atoms with van der Waals surface area (Å²) in [5.41, 5.74) is 5.48. The molecule has 0 aromatic heterocycles. The first-order valence-electron chi connectivity index (χ1n) is 7.67. The molecule has 0 bridgehead atoms. The Kier molecular flexibility index (Phi) is 6.80. The van der Waals surface area contributed by atoms with Crippen molar-refractivity contribution in [2.45, 2.75) is 76.9 Å². The number of aliphatic carboxylic acids is 1. The number of carboxylic acid groups (broad SMARTS) is 1. The minimum Gasteiger partial charge on any atom is -0.479 e. The molecule has 1 unspecified atom stereocenters. The molecule has 1 aliphatic carbocycles. The van der Waals surface area contributed by atoms with Gasteiger partial charge in [0, 0.05) is 6.54 Å². The van der Waals surface area contributed by atoms with Gasteiger partial charge in [-0.05, 0) is 38.0 Å². The number of rotatable bonds is 8. The van der Waals surface area contributed by atoms with E-state index in [0.29, 0.717) is 13.0 Å². The fourth-order valence-electron chi connectivity index (χ4n) is 3.07. The molecule has 1 saturated carbocycles. The molecule has 0 saturated heterocycles. The average Bonchev–Trinajstić information content (AvgIpc) is 2.41. The van der Waals surface area contributed by atoms with Gasteiger partial charge in [-0.3, -0.25) is 0 Å². The Labute approximate surface area is 116 Å². The Hall–Kier alpha value is -0.610. The molecule has 0 aliphatic heterocycles. The van der Waals surface area contributed by atoms with Crippen molar-refractivity contribution in [1.29, 1.82) is 0 Å². The van der Waals surface area contributed by atoms with Gasteiger partial charge in [-0.25, -0.2) is 4.79 Å². The molecule has 1 fully saturated rings. The summed E-state index contributed by atoms with van der Waals surface area (Å²) in [6, 6.07) is 0. The van der Waals surface area contributed by atoms with Crippen LogP contribution in [0.2, 0.25) is 0 Å². The minimum atomic E-state index is -0.856. The first-order valence-corrected chi connectivity index (χ1v) is 7.67. The van der Waals surface area contributed by atoms with Crippen LogP contribution in [-0.2, 0) is 9.53 Å². The first kappa shape index (κ1) is 16.4. The molecule has 19 heavy (non-hydrogen) atoms. The van der Waals surface area contributed by atoms with Crippen molar-refractivity contribution in [1.82, 2.24) is 0 Å². The molecule has 0 spiro atoms. The molecular weight excluding hydrogens is 242 g/mol. The molecule has 1 atom stereocenters. The van der Waals surface area contributed by atoms with Crippen molar-refractivity contribution in [2.24, 2.45) is 11.7 Å². The highest BCUT2D eigenvalue weighted by Crippen LogP contribution is 2.37. The summed E-state index contributed by atoms with van der Waals surface area (Å²) in [6.45, 7) is 4.62. The molecule has 3 N–H and O–H groups in total. The van der Waals surface area contributed by atoms with Crippen LogP contribution in [0.15, 0.2) is 0 Å². The number of ether oxygens (including phenoxy) is 1. The summed E-state index contributed by atoms with van der Waals surface area (Å²) in [7, 11) is 0. The van der Waals surface area contributed by atoms with Crippen LogP contribution in [0.25, 0.3) is 0 Å². The highest BCUT2D eigenvalue weighted by molar-refractivity contribution is 5.72. The van der Waals surface area contributed by atoms with E-state index in [2.05, 4.69) is 6.92 Å². The summed E-state index contributed by atoms with van der Waals surface area (Å²) in [5.74, 6) is -0.0897. The highest BCUT2D eigenvalue weighted by atomic mass is 16.5. The van der Waals surface area contributed by atoms with E-state index in [0.717, 1.165) is 38.0 Å². The summed E-state index contributed by atoms with van der Waals surface area (Å²) in [6.07, 6.45) is 7.20. The van der Waals surface area contributed by atoms with Gasteiger partial charge in [0.1, 0.15) is 0 Å². The lowest BCUT2D eigenvalue weighted by atomic mass is 9.77. The molecule has 0 aromatic carbocycles. The van der Waals surface area contributed by atoms with Crippen LogP contribution >= 0.6 is 0 Å². The predicted molar refractivity (Wildman–Crippen MR) is 76.1 cm³/mol. The monoisotopic (exact) mass is 271 g/mol. The average molecular weight is 271 g/mol. The number of carboxylic acids is 1. The molecule has 0 amide bonds. The van der Waals surface area contributed by atoms with Gasteiger partial charge in [-0.15, -0.1) is 0 Å². The molecule has 112 valence electrons. The van der Waals surface area contributed by atoms with Crippen LogP contribution in [0.5, 0.6) is 0 Å². The fraction of sp³-hybridized carbons (Fsp3) is 0.933. The van der Waals surface area contributed by atoms with E-state index in [4.69, 9.17) is 10.5 Å². The maximum atomic E-state index is 11.2. The molecule has 4 heteroatoms. The normalized spacial score (nSPS) is 29.1. The van der Waals surface area contributed by atoms with Crippen molar-refractivity contribution in [3.05, 3.63) is 0 Å². The smallest absolute Gasteiger partial charge is 0.332 e. The molecular formula is C15H29NO3. The summed E-state index contributed by atoms with van der Waals surface area (Å²) >= 11 is 0. The third kappa shape index (κ3) is 4.77. The summed E-state index contributed by atoms with van der Waals surface area (Å²) in [5, 5.41) is 9.22. The maximum absolute atomic E-state index is 11.2. The molecule has 0 aromatic rings. The number of carbonyl (C=O) groups is 1. The van der Waals surface area contributed by atoms with Gasteiger partial charge in [-0.2, -0.15) is 0 Å². The maximum Gasteiger partial charge on any atom is 0.332 e. The van der Waals surface area contributed by atoms with Crippen LogP contribution in [0, 0.1) is 5.92 Å². The van der Waals surface area contributed by atoms with Crippen molar-refractivity contribution in [3.8, 4) is 0 Å². The van der Waals surface area contributed by atoms with Gasteiger partial charge in [0.15, 0.2) is 6.10 Å². The molecule has 1 aliphatic rings. The molecule has 0 radical (unpaired) electrons. The second-order valence-corrected chi connectivity index (χ2v) is 5.85. The third-order valence-electron chi connectivity index (χ3n) is 4.30. The Morgan fingerprint density at radius 2 is 2.00 bits per heavy atom. The van der Waals surface area contributed by atoms with Crippen LogP contribution in [0.4, 0.5) is 0 Å². The van der Waals surface area contributed by atoms with Crippen molar-refractivity contribution < 1.29 is 14.6 Å².